The molecule has 1 aromatic rings. The van der Waals surface area contributed by atoms with E-state index in [-0.39, 0.29) is 12.2 Å². The van der Waals surface area contributed by atoms with Gasteiger partial charge in [-0.2, -0.15) is 5.26 Å². The highest BCUT2D eigenvalue weighted by molar-refractivity contribution is 5.13. The lowest BCUT2D eigenvalue weighted by molar-refractivity contribution is 0.0951. The van der Waals surface area contributed by atoms with Crippen molar-refractivity contribution >= 4 is 0 Å². The van der Waals surface area contributed by atoms with E-state index in [1.807, 2.05) is 29.1 Å². The van der Waals surface area contributed by atoms with Crippen LogP contribution in [0.5, 0.6) is 0 Å². The van der Waals surface area contributed by atoms with Crippen LogP contribution >= 0.6 is 0 Å². The molecule has 0 bridgehead atoms. The normalized spacial score (nSPS) is 14.2. The summed E-state index contributed by atoms with van der Waals surface area (Å²) in [5.41, 5.74) is 0.945. The highest BCUT2D eigenvalue weighted by Gasteiger charge is 2.07. The zero-order valence-electron chi connectivity index (χ0n) is 10.5. The smallest absolute Gasteiger partial charge is 0.141 e. The quantitative estimate of drug-likeness (QED) is 0.790. The first-order valence-corrected chi connectivity index (χ1v) is 6.02. The molecule has 1 heterocycles. The van der Waals surface area contributed by atoms with Crippen molar-refractivity contribution in [3.8, 4) is 6.07 Å². The van der Waals surface area contributed by atoms with Gasteiger partial charge in [0.05, 0.1) is 18.8 Å². The van der Waals surface area contributed by atoms with Gasteiger partial charge in [-0.15, -0.1) is 0 Å². The fourth-order valence-corrected chi connectivity index (χ4v) is 1.61. The first kappa shape index (κ1) is 13.8. The van der Waals surface area contributed by atoms with E-state index in [1.54, 1.807) is 6.92 Å². The molecule has 0 spiro atoms. The third kappa shape index (κ3) is 4.59. The Morgan fingerprint density at radius 1 is 1.59 bits per heavy atom. The predicted octanol–water partition coefficient (Wildman–Crippen LogP) is 2.25. The van der Waals surface area contributed by atoms with Gasteiger partial charge in [-0.05, 0) is 25.0 Å². The molecule has 0 saturated carbocycles. The summed E-state index contributed by atoms with van der Waals surface area (Å²) >= 11 is 0. The largest absolute Gasteiger partial charge is 0.388 e. The number of hydrogen-bond donors (Lipinski definition) is 1. The van der Waals surface area contributed by atoms with Crippen molar-refractivity contribution in [3.05, 3.63) is 24.0 Å². The topological polar surface area (TPSA) is 58.2 Å². The van der Waals surface area contributed by atoms with E-state index in [9.17, 15) is 5.11 Å². The van der Waals surface area contributed by atoms with Crippen molar-refractivity contribution in [3.63, 3.8) is 0 Å². The van der Waals surface area contributed by atoms with Crippen LogP contribution < -0.4 is 0 Å². The van der Waals surface area contributed by atoms with Gasteiger partial charge in [0.2, 0.25) is 0 Å². The van der Waals surface area contributed by atoms with Crippen molar-refractivity contribution in [1.82, 2.24) is 4.57 Å². The summed E-state index contributed by atoms with van der Waals surface area (Å²) in [4.78, 5) is 0. The standard InChI is InChI=1S/C13H20N2O2/c1-3-4-13(16)12-5-6-15(10-12)7-8-17-11(2)9-14/h5-6,10-11,13,16H,3-4,7-8H2,1-2H3. The van der Waals surface area contributed by atoms with Crippen LogP contribution in [0.3, 0.4) is 0 Å². The fourth-order valence-electron chi connectivity index (χ4n) is 1.61. The molecule has 0 aromatic carbocycles. The lowest BCUT2D eigenvalue weighted by Gasteiger charge is -2.07. The summed E-state index contributed by atoms with van der Waals surface area (Å²) in [6.07, 6.45) is 4.87. The Balaban J connectivity index is 2.38. The van der Waals surface area contributed by atoms with Crippen molar-refractivity contribution in [1.29, 1.82) is 5.26 Å². The highest BCUT2D eigenvalue weighted by Crippen LogP contribution is 2.18. The van der Waals surface area contributed by atoms with Crippen LogP contribution in [0.1, 0.15) is 38.4 Å². The van der Waals surface area contributed by atoms with Gasteiger partial charge < -0.3 is 14.4 Å². The van der Waals surface area contributed by atoms with Crippen molar-refractivity contribution in [2.75, 3.05) is 6.61 Å². The minimum absolute atomic E-state index is 0.365. The second-order valence-corrected chi connectivity index (χ2v) is 4.13. The lowest BCUT2D eigenvalue weighted by atomic mass is 10.1. The molecule has 4 heteroatoms. The number of nitriles is 1. The average Bonchev–Trinajstić information content (AvgIpc) is 2.78. The van der Waals surface area contributed by atoms with Gasteiger partial charge in [0.15, 0.2) is 0 Å². The van der Waals surface area contributed by atoms with E-state index in [2.05, 4.69) is 6.92 Å². The molecule has 2 unspecified atom stereocenters. The van der Waals surface area contributed by atoms with E-state index in [4.69, 9.17) is 10.00 Å². The maximum absolute atomic E-state index is 9.80. The number of aliphatic hydroxyl groups excluding tert-OH is 1. The molecule has 0 fully saturated rings. The molecule has 1 rings (SSSR count). The molecule has 0 saturated heterocycles. The summed E-state index contributed by atoms with van der Waals surface area (Å²) in [6.45, 7) is 4.99. The minimum Gasteiger partial charge on any atom is -0.388 e. The van der Waals surface area contributed by atoms with Gasteiger partial charge in [-0.3, -0.25) is 0 Å². The van der Waals surface area contributed by atoms with E-state index >= 15 is 0 Å². The fraction of sp³-hybridized carbons (Fsp3) is 0.615. The van der Waals surface area contributed by atoms with E-state index in [1.165, 1.54) is 0 Å². The molecule has 2 atom stereocenters. The number of nitrogens with zero attached hydrogens (tertiary/aromatic N) is 2. The first-order valence-electron chi connectivity index (χ1n) is 6.02. The van der Waals surface area contributed by atoms with Gasteiger partial charge in [0.1, 0.15) is 6.10 Å². The molecule has 4 nitrogen and oxygen atoms in total. The monoisotopic (exact) mass is 236 g/mol. The second-order valence-electron chi connectivity index (χ2n) is 4.13. The van der Waals surface area contributed by atoms with Crippen LogP contribution in [0.25, 0.3) is 0 Å². The number of ether oxygens (including phenoxy) is 1. The van der Waals surface area contributed by atoms with E-state index < -0.39 is 0 Å². The molecule has 1 N–H and O–H groups in total. The molecule has 17 heavy (non-hydrogen) atoms. The number of rotatable bonds is 7. The summed E-state index contributed by atoms with van der Waals surface area (Å²) in [7, 11) is 0. The lowest BCUT2D eigenvalue weighted by Crippen LogP contribution is -2.10. The predicted molar refractivity (Wildman–Crippen MR) is 65.3 cm³/mol. The zero-order valence-corrected chi connectivity index (χ0v) is 10.5. The van der Waals surface area contributed by atoms with Crippen LogP contribution in [0, 0.1) is 11.3 Å². The summed E-state index contributed by atoms with van der Waals surface area (Å²) in [5.74, 6) is 0. The van der Waals surface area contributed by atoms with Gasteiger partial charge in [0.25, 0.3) is 0 Å². The van der Waals surface area contributed by atoms with Crippen molar-refractivity contribution in [2.45, 2.75) is 45.4 Å². The number of aliphatic hydroxyl groups is 1. The molecular weight excluding hydrogens is 216 g/mol. The number of aromatic nitrogens is 1. The van der Waals surface area contributed by atoms with Crippen LogP contribution in [0.15, 0.2) is 18.5 Å². The van der Waals surface area contributed by atoms with E-state index in [0.29, 0.717) is 13.2 Å². The Bertz CT molecular complexity index is 368. The Kier molecular flexibility index (Phi) is 5.75. The summed E-state index contributed by atoms with van der Waals surface area (Å²) in [5, 5.41) is 18.4. The van der Waals surface area contributed by atoms with Gasteiger partial charge in [-0.1, -0.05) is 13.3 Å². The molecule has 1 aromatic heterocycles. The molecule has 0 amide bonds. The second kappa shape index (κ2) is 7.10. The summed E-state index contributed by atoms with van der Waals surface area (Å²) in [6, 6.07) is 3.94. The SMILES string of the molecule is CCCC(O)c1ccn(CCOC(C)C#N)c1. The molecule has 0 aliphatic heterocycles. The maximum Gasteiger partial charge on any atom is 0.141 e. The van der Waals surface area contributed by atoms with Crippen molar-refractivity contribution in [2.24, 2.45) is 0 Å². The van der Waals surface area contributed by atoms with Crippen LogP contribution in [-0.2, 0) is 11.3 Å². The van der Waals surface area contributed by atoms with Gasteiger partial charge >= 0.3 is 0 Å². The molecule has 0 aliphatic carbocycles. The summed E-state index contributed by atoms with van der Waals surface area (Å²) < 4.78 is 7.24. The van der Waals surface area contributed by atoms with Crippen LogP contribution in [0.2, 0.25) is 0 Å². The molecule has 0 radical (unpaired) electrons. The minimum atomic E-state index is -0.375. The molecular formula is C13H20N2O2. The first-order chi connectivity index (χ1) is 8.17. The van der Waals surface area contributed by atoms with Crippen molar-refractivity contribution < 1.29 is 9.84 Å². The highest BCUT2D eigenvalue weighted by atomic mass is 16.5. The third-order valence-electron chi connectivity index (χ3n) is 2.62. The Hall–Kier alpha value is -1.31. The third-order valence-corrected chi connectivity index (χ3v) is 2.62. The maximum atomic E-state index is 9.80. The zero-order chi connectivity index (χ0) is 12.7. The molecule has 94 valence electrons. The molecule has 0 aliphatic rings. The Morgan fingerprint density at radius 3 is 3.00 bits per heavy atom. The van der Waals surface area contributed by atoms with Crippen LogP contribution in [0.4, 0.5) is 0 Å². The van der Waals surface area contributed by atoms with E-state index in [0.717, 1.165) is 18.4 Å². The van der Waals surface area contributed by atoms with Crippen LogP contribution in [-0.4, -0.2) is 22.4 Å². The van der Waals surface area contributed by atoms with Gasteiger partial charge in [-0.25, -0.2) is 0 Å². The van der Waals surface area contributed by atoms with Gasteiger partial charge in [0, 0.05) is 18.9 Å². The number of hydrogen-bond acceptors (Lipinski definition) is 3. The Morgan fingerprint density at radius 2 is 2.35 bits per heavy atom. The average molecular weight is 236 g/mol. The Labute approximate surface area is 102 Å².